The molecule has 1 aliphatic heterocycles. The van der Waals surface area contributed by atoms with Crippen LogP contribution in [-0.4, -0.2) is 50.9 Å². The van der Waals surface area contributed by atoms with Crippen LogP contribution in [0.25, 0.3) is 0 Å². The number of nitrogens with zero attached hydrogens (tertiary/aromatic N) is 3. The van der Waals surface area contributed by atoms with Gasteiger partial charge in [-0.15, -0.1) is 12.4 Å². The molecule has 1 fully saturated rings. The summed E-state index contributed by atoms with van der Waals surface area (Å²) in [6.07, 6.45) is 0. The number of hydrogen-bond donors (Lipinski definition) is 3. The molecule has 0 unspecified atom stereocenters. The van der Waals surface area contributed by atoms with Crippen LogP contribution < -0.4 is 17.2 Å². The highest BCUT2D eigenvalue weighted by Crippen LogP contribution is 2.20. The average Bonchev–Trinajstić information content (AvgIpc) is 2.48. The first-order chi connectivity index (χ1) is 10.4. The number of sulfonamides is 1. The van der Waals surface area contributed by atoms with Gasteiger partial charge in [0, 0.05) is 13.1 Å². The highest BCUT2D eigenvalue weighted by molar-refractivity contribution is 7.89. The van der Waals surface area contributed by atoms with Crippen LogP contribution in [0.3, 0.4) is 0 Å². The molecule has 1 aliphatic rings. The Morgan fingerprint density at radius 1 is 1.09 bits per heavy atom. The van der Waals surface area contributed by atoms with E-state index in [9.17, 15) is 8.42 Å². The van der Waals surface area contributed by atoms with E-state index in [1.807, 2.05) is 0 Å². The van der Waals surface area contributed by atoms with E-state index in [1.165, 1.54) is 28.6 Å². The Balaban J connectivity index is 0.00000264. The predicted octanol–water partition coefficient (Wildman–Crippen LogP) is -0.651. The quantitative estimate of drug-likeness (QED) is 0.480. The maximum Gasteiger partial charge on any atom is 0.243 e. The Morgan fingerprint density at radius 2 is 1.65 bits per heavy atom. The summed E-state index contributed by atoms with van der Waals surface area (Å²) in [5.41, 5.74) is 16.3. The summed E-state index contributed by atoms with van der Waals surface area (Å²) < 4.78 is 31.4. The number of ether oxygens (including phenoxy) is 1. The first-order valence-electron chi connectivity index (χ1n) is 6.51. The van der Waals surface area contributed by atoms with E-state index in [0.717, 1.165) is 0 Å². The molecule has 6 N–H and O–H groups in total. The van der Waals surface area contributed by atoms with Crippen LogP contribution in [-0.2, 0) is 14.8 Å². The lowest BCUT2D eigenvalue weighted by molar-refractivity contribution is 0.0730. The highest BCUT2D eigenvalue weighted by atomic mass is 35.5. The van der Waals surface area contributed by atoms with Gasteiger partial charge in [-0.25, -0.2) is 13.4 Å². The number of hydrogen-bond acceptors (Lipinski definition) is 4. The molecule has 0 spiro atoms. The molecule has 0 aliphatic carbocycles. The Labute approximate surface area is 140 Å². The zero-order chi connectivity index (χ0) is 16.2. The second kappa shape index (κ2) is 8.11. The van der Waals surface area contributed by atoms with Gasteiger partial charge in [-0.05, 0) is 24.3 Å². The molecule has 1 heterocycles. The van der Waals surface area contributed by atoms with Gasteiger partial charge in [0.2, 0.25) is 16.0 Å². The molecule has 23 heavy (non-hydrogen) atoms. The molecular formula is C12H19ClN6O3S. The Morgan fingerprint density at radius 3 is 2.17 bits per heavy atom. The molecule has 128 valence electrons. The van der Waals surface area contributed by atoms with Gasteiger partial charge in [-0.1, -0.05) is 0 Å². The lowest BCUT2D eigenvalue weighted by Crippen LogP contribution is -2.40. The number of morpholine rings is 1. The number of guanidine groups is 2. The molecule has 0 bridgehead atoms. The highest BCUT2D eigenvalue weighted by Gasteiger charge is 2.25. The number of aliphatic imine (C=N–C) groups is 2. The minimum atomic E-state index is -3.52. The van der Waals surface area contributed by atoms with E-state index in [4.69, 9.17) is 21.9 Å². The fraction of sp³-hybridized carbons (Fsp3) is 0.333. The Bertz CT molecular complexity index is 679. The molecule has 1 aromatic rings. The van der Waals surface area contributed by atoms with Crippen LogP contribution in [0.4, 0.5) is 5.69 Å². The first kappa shape index (κ1) is 19.2. The zero-order valence-corrected chi connectivity index (χ0v) is 13.9. The lowest BCUT2D eigenvalue weighted by Gasteiger charge is -2.26. The van der Waals surface area contributed by atoms with Crippen LogP contribution in [0.2, 0.25) is 0 Å². The maximum atomic E-state index is 12.4. The van der Waals surface area contributed by atoms with Gasteiger partial charge in [-0.2, -0.15) is 9.30 Å². The minimum Gasteiger partial charge on any atom is -0.379 e. The number of benzene rings is 1. The summed E-state index contributed by atoms with van der Waals surface area (Å²) in [6, 6.07) is 5.99. The summed E-state index contributed by atoms with van der Waals surface area (Å²) in [7, 11) is -3.52. The second-order valence-corrected chi connectivity index (χ2v) is 6.45. The standard InChI is InChI=1S/C12H18N6O3S.ClH/c13-11(14)17-12(15)16-9-1-3-10(4-2-9)22(19,20)18-5-7-21-8-6-18;/h1-4H,5-8H2,(H6,13,14,15,16,17);1H. The maximum absolute atomic E-state index is 12.4. The average molecular weight is 363 g/mol. The van der Waals surface area contributed by atoms with Gasteiger partial charge < -0.3 is 21.9 Å². The van der Waals surface area contributed by atoms with Crippen LogP contribution in [0.15, 0.2) is 39.1 Å². The molecule has 1 saturated heterocycles. The zero-order valence-electron chi connectivity index (χ0n) is 12.3. The third kappa shape index (κ3) is 5.06. The van der Waals surface area contributed by atoms with Gasteiger partial charge in [-0.3, -0.25) is 0 Å². The molecular weight excluding hydrogens is 344 g/mol. The molecule has 0 saturated carbocycles. The smallest absolute Gasteiger partial charge is 0.243 e. The van der Waals surface area contributed by atoms with Crippen LogP contribution in [0.1, 0.15) is 0 Å². The number of nitrogens with two attached hydrogens (primary N) is 3. The van der Waals surface area contributed by atoms with Crippen molar-refractivity contribution >= 4 is 40.0 Å². The molecule has 0 atom stereocenters. The summed E-state index contributed by atoms with van der Waals surface area (Å²) in [6.45, 7) is 1.49. The molecule has 0 aromatic heterocycles. The largest absolute Gasteiger partial charge is 0.379 e. The Hall–Kier alpha value is -1.88. The minimum absolute atomic E-state index is 0. The third-order valence-electron chi connectivity index (χ3n) is 2.93. The van der Waals surface area contributed by atoms with Crippen molar-refractivity contribution in [3.05, 3.63) is 24.3 Å². The fourth-order valence-electron chi connectivity index (χ4n) is 1.92. The monoisotopic (exact) mass is 362 g/mol. The van der Waals surface area contributed by atoms with E-state index in [2.05, 4.69) is 9.98 Å². The van der Waals surface area contributed by atoms with E-state index in [1.54, 1.807) is 0 Å². The van der Waals surface area contributed by atoms with Crippen LogP contribution in [0.5, 0.6) is 0 Å². The van der Waals surface area contributed by atoms with Crippen molar-refractivity contribution in [3.63, 3.8) is 0 Å². The molecule has 9 nitrogen and oxygen atoms in total. The van der Waals surface area contributed by atoms with E-state index in [-0.39, 0.29) is 29.2 Å². The number of rotatable bonds is 3. The third-order valence-corrected chi connectivity index (χ3v) is 4.84. The van der Waals surface area contributed by atoms with E-state index in [0.29, 0.717) is 32.0 Å². The van der Waals surface area contributed by atoms with E-state index < -0.39 is 10.0 Å². The van der Waals surface area contributed by atoms with E-state index >= 15 is 0 Å². The Kier molecular flexibility index (Phi) is 6.76. The summed E-state index contributed by atoms with van der Waals surface area (Å²) in [4.78, 5) is 7.72. The fourth-order valence-corrected chi connectivity index (χ4v) is 3.33. The lowest BCUT2D eigenvalue weighted by atomic mass is 10.3. The SMILES string of the molecule is Cl.NC(N)=NC(N)=Nc1ccc(S(=O)(=O)N2CCOCC2)cc1. The summed E-state index contributed by atoms with van der Waals surface area (Å²) >= 11 is 0. The van der Waals surface area contributed by atoms with Gasteiger partial charge >= 0.3 is 0 Å². The first-order valence-corrected chi connectivity index (χ1v) is 7.95. The molecule has 0 radical (unpaired) electrons. The van der Waals surface area contributed by atoms with Gasteiger partial charge in [0.1, 0.15) is 0 Å². The summed E-state index contributed by atoms with van der Waals surface area (Å²) in [5, 5.41) is 0. The number of halogens is 1. The second-order valence-electron chi connectivity index (χ2n) is 4.52. The van der Waals surface area contributed by atoms with Crippen molar-refractivity contribution in [3.8, 4) is 0 Å². The molecule has 1 aromatic carbocycles. The van der Waals surface area contributed by atoms with Crippen LogP contribution >= 0.6 is 12.4 Å². The molecule has 2 rings (SSSR count). The molecule has 11 heteroatoms. The van der Waals surface area contributed by atoms with Crippen molar-refractivity contribution in [2.45, 2.75) is 4.90 Å². The topological polar surface area (TPSA) is 149 Å². The van der Waals surface area contributed by atoms with Crippen molar-refractivity contribution in [2.24, 2.45) is 27.2 Å². The van der Waals surface area contributed by atoms with Gasteiger partial charge in [0.25, 0.3) is 0 Å². The van der Waals surface area contributed by atoms with Crippen molar-refractivity contribution in [2.75, 3.05) is 26.3 Å². The predicted molar refractivity (Wildman–Crippen MR) is 90.4 cm³/mol. The van der Waals surface area contributed by atoms with Crippen molar-refractivity contribution < 1.29 is 13.2 Å². The summed E-state index contributed by atoms with van der Waals surface area (Å²) in [5.74, 6) is -0.309. The van der Waals surface area contributed by atoms with Gasteiger partial charge in [0.15, 0.2) is 5.96 Å². The van der Waals surface area contributed by atoms with Gasteiger partial charge in [0.05, 0.1) is 23.8 Å². The molecule has 0 amide bonds. The van der Waals surface area contributed by atoms with Crippen molar-refractivity contribution in [1.82, 2.24) is 4.31 Å². The van der Waals surface area contributed by atoms with Crippen LogP contribution in [0, 0.1) is 0 Å². The normalized spacial score (nSPS) is 16.4. The van der Waals surface area contributed by atoms with Crippen molar-refractivity contribution in [1.29, 1.82) is 0 Å².